The molecule has 0 saturated carbocycles. The lowest BCUT2D eigenvalue weighted by Gasteiger charge is -2.08. The molecule has 8 heteroatoms. The van der Waals surface area contributed by atoms with Crippen LogP contribution in [0.5, 0.6) is 11.6 Å². The van der Waals surface area contributed by atoms with E-state index in [0.717, 1.165) is 10.2 Å². The van der Waals surface area contributed by atoms with E-state index in [4.69, 9.17) is 21.7 Å². The van der Waals surface area contributed by atoms with Crippen molar-refractivity contribution in [3.63, 3.8) is 0 Å². The Labute approximate surface area is 133 Å². The smallest absolute Gasteiger partial charge is 0.242 e. The van der Waals surface area contributed by atoms with Gasteiger partial charge in [0.05, 0.1) is 24.4 Å². The Morgan fingerprint density at radius 1 is 1.24 bits per heavy atom. The molecule has 0 atom stereocenters. The third kappa shape index (κ3) is 2.30. The van der Waals surface area contributed by atoms with Gasteiger partial charge in [0, 0.05) is 6.07 Å². The summed E-state index contributed by atoms with van der Waals surface area (Å²) in [6.07, 6.45) is 1.44. The van der Waals surface area contributed by atoms with Crippen molar-refractivity contribution in [2.24, 2.45) is 0 Å². The van der Waals surface area contributed by atoms with Crippen LogP contribution in [-0.2, 0) is 0 Å². The molecule has 3 rings (SSSR count). The average Bonchev–Trinajstić information content (AvgIpc) is 2.83. The van der Waals surface area contributed by atoms with Gasteiger partial charge in [0.25, 0.3) is 0 Å². The molecule has 0 aliphatic rings. The van der Waals surface area contributed by atoms with Gasteiger partial charge in [-0.2, -0.15) is 4.98 Å². The van der Waals surface area contributed by atoms with Gasteiger partial charge in [-0.25, -0.2) is 4.98 Å². The van der Waals surface area contributed by atoms with E-state index in [9.17, 15) is 0 Å². The molecular formula is C13H11BrN4O2S. The van der Waals surface area contributed by atoms with Crippen molar-refractivity contribution >= 4 is 39.3 Å². The van der Waals surface area contributed by atoms with Crippen molar-refractivity contribution in [3.05, 3.63) is 33.8 Å². The van der Waals surface area contributed by atoms with Gasteiger partial charge >= 0.3 is 0 Å². The molecule has 0 fully saturated rings. The number of ether oxygens (including phenoxy) is 2. The quantitative estimate of drug-likeness (QED) is 0.720. The number of nitrogens with one attached hydrogen (secondary N) is 1. The van der Waals surface area contributed by atoms with Crippen LogP contribution in [0.25, 0.3) is 16.9 Å². The fourth-order valence-electron chi connectivity index (χ4n) is 2.08. The second-order valence-corrected chi connectivity index (χ2v) is 5.41. The van der Waals surface area contributed by atoms with Gasteiger partial charge in [0.1, 0.15) is 17.6 Å². The minimum Gasteiger partial charge on any atom is -0.495 e. The van der Waals surface area contributed by atoms with Crippen LogP contribution in [0.4, 0.5) is 0 Å². The van der Waals surface area contributed by atoms with Crippen molar-refractivity contribution in [2.45, 2.75) is 0 Å². The maximum atomic E-state index is 5.39. The molecule has 0 unspecified atom stereocenters. The van der Waals surface area contributed by atoms with E-state index in [1.165, 1.54) is 6.33 Å². The number of hydrogen-bond donors (Lipinski definition) is 1. The van der Waals surface area contributed by atoms with Gasteiger partial charge in [-0.15, -0.1) is 0 Å². The largest absolute Gasteiger partial charge is 0.495 e. The summed E-state index contributed by atoms with van der Waals surface area (Å²) in [7, 11) is 3.17. The van der Waals surface area contributed by atoms with Crippen LogP contribution in [-0.4, -0.2) is 33.7 Å². The molecular weight excluding hydrogens is 356 g/mol. The standard InChI is InChI=1S/C13H11BrN4O2S/c1-19-9-5-7(3-4-8(9)14)18-11-10(17-13(18)21)12(20-2)16-6-15-11/h3-6H,1-2H3,(H,17,21). The molecule has 3 aromatic rings. The molecule has 0 saturated heterocycles. The first-order chi connectivity index (χ1) is 10.2. The number of hydrogen-bond acceptors (Lipinski definition) is 5. The molecule has 108 valence electrons. The van der Waals surface area contributed by atoms with Crippen LogP contribution in [0.2, 0.25) is 0 Å². The number of nitrogens with zero attached hydrogens (tertiary/aromatic N) is 3. The molecule has 1 aromatic carbocycles. The number of fused-ring (bicyclic) bond motifs is 1. The fraction of sp³-hybridized carbons (Fsp3) is 0.154. The average molecular weight is 367 g/mol. The van der Waals surface area contributed by atoms with Crippen LogP contribution in [0.1, 0.15) is 0 Å². The molecule has 6 nitrogen and oxygen atoms in total. The Kier molecular flexibility index (Phi) is 3.64. The van der Waals surface area contributed by atoms with Crippen molar-refractivity contribution in [1.82, 2.24) is 19.5 Å². The van der Waals surface area contributed by atoms with Crippen molar-refractivity contribution in [2.75, 3.05) is 14.2 Å². The summed E-state index contributed by atoms with van der Waals surface area (Å²) >= 11 is 8.82. The van der Waals surface area contributed by atoms with E-state index in [2.05, 4.69) is 30.9 Å². The number of imidazole rings is 1. The van der Waals surface area contributed by atoms with Gasteiger partial charge in [0.15, 0.2) is 10.4 Å². The summed E-state index contributed by atoms with van der Waals surface area (Å²) in [5, 5.41) is 0. The number of aromatic amines is 1. The van der Waals surface area contributed by atoms with E-state index < -0.39 is 0 Å². The fourth-order valence-corrected chi connectivity index (χ4v) is 2.78. The van der Waals surface area contributed by atoms with Gasteiger partial charge in [-0.1, -0.05) is 0 Å². The van der Waals surface area contributed by atoms with E-state index in [-0.39, 0.29) is 0 Å². The first-order valence-electron chi connectivity index (χ1n) is 5.99. The van der Waals surface area contributed by atoms with Crippen LogP contribution < -0.4 is 9.47 Å². The highest BCUT2D eigenvalue weighted by atomic mass is 79.9. The Morgan fingerprint density at radius 2 is 2.05 bits per heavy atom. The number of halogens is 1. The lowest BCUT2D eigenvalue weighted by Crippen LogP contribution is -1.98. The van der Waals surface area contributed by atoms with Crippen LogP contribution in [0.15, 0.2) is 29.0 Å². The molecule has 0 spiro atoms. The number of methoxy groups -OCH3 is 2. The molecule has 2 heterocycles. The molecule has 0 bridgehead atoms. The number of rotatable bonds is 3. The zero-order valence-electron chi connectivity index (χ0n) is 11.3. The topological polar surface area (TPSA) is 65.0 Å². The highest BCUT2D eigenvalue weighted by Crippen LogP contribution is 2.29. The predicted molar refractivity (Wildman–Crippen MR) is 84.9 cm³/mol. The van der Waals surface area contributed by atoms with E-state index >= 15 is 0 Å². The highest BCUT2D eigenvalue weighted by Gasteiger charge is 2.13. The van der Waals surface area contributed by atoms with Crippen LogP contribution >= 0.6 is 28.1 Å². The molecule has 0 radical (unpaired) electrons. The van der Waals surface area contributed by atoms with Crippen molar-refractivity contribution in [3.8, 4) is 17.3 Å². The molecule has 0 aliphatic heterocycles. The van der Waals surface area contributed by atoms with Crippen molar-refractivity contribution in [1.29, 1.82) is 0 Å². The third-order valence-electron chi connectivity index (χ3n) is 3.03. The second kappa shape index (κ2) is 5.45. The van der Waals surface area contributed by atoms with Gasteiger partial charge in [-0.05, 0) is 40.3 Å². The highest BCUT2D eigenvalue weighted by molar-refractivity contribution is 9.10. The van der Waals surface area contributed by atoms with E-state index in [1.54, 1.807) is 14.2 Å². The Bertz CT molecular complexity index is 874. The minimum absolute atomic E-state index is 0.453. The lowest BCUT2D eigenvalue weighted by molar-refractivity contribution is 0.401. The normalized spacial score (nSPS) is 10.8. The Morgan fingerprint density at radius 3 is 2.76 bits per heavy atom. The zero-order valence-corrected chi connectivity index (χ0v) is 13.7. The first-order valence-corrected chi connectivity index (χ1v) is 7.19. The van der Waals surface area contributed by atoms with Gasteiger partial charge < -0.3 is 14.5 Å². The van der Waals surface area contributed by atoms with Gasteiger partial charge in [-0.3, -0.25) is 4.57 Å². The Balaban J connectivity index is 2.30. The molecule has 0 aliphatic carbocycles. The monoisotopic (exact) mass is 366 g/mol. The summed E-state index contributed by atoms with van der Waals surface area (Å²) in [5.74, 6) is 1.17. The third-order valence-corrected chi connectivity index (χ3v) is 3.97. The maximum Gasteiger partial charge on any atom is 0.242 e. The number of H-pyrrole nitrogens is 1. The zero-order chi connectivity index (χ0) is 15.0. The van der Waals surface area contributed by atoms with E-state index in [0.29, 0.717) is 27.6 Å². The summed E-state index contributed by atoms with van der Waals surface area (Å²) in [4.78, 5) is 11.4. The Hall–Kier alpha value is -1.93. The van der Waals surface area contributed by atoms with Gasteiger partial charge in [0.2, 0.25) is 5.88 Å². The maximum absolute atomic E-state index is 5.39. The number of benzene rings is 1. The summed E-state index contributed by atoms with van der Waals surface area (Å²) in [6, 6.07) is 5.69. The van der Waals surface area contributed by atoms with E-state index in [1.807, 2.05) is 22.8 Å². The first kappa shape index (κ1) is 14.0. The molecule has 2 aromatic heterocycles. The predicted octanol–water partition coefficient (Wildman–Crippen LogP) is 3.26. The second-order valence-electron chi connectivity index (χ2n) is 4.17. The molecule has 21 heavy (non-hydrogen) atoms. The van der Waals surface area contributed by atoms with Crippen LogP contribution in [0.3, 0.4) is 0 Å². The number of aromatic nitrogens is 4. The summed E-state index contributed by atoms with van der Waals surface area (Å²) < 4.78 is 13.7. The van der Waals surface area contributed by atoms with Crippen LogP contribution in [0, 0.1) is 4.77 Å². The SMILES string of the molecule is COc1cc(-n2c(=S)[nH]c3c(OC)ncnc32)ccc1Br. The summed E-state index contributed by atoms with van der Waals surface area (Å²) in [6.45, 7) is 0. The molecule has 0 amide bonds. The lowest BCUT2D eigenvalue weighted by atomic mass is 10.3. The van der Waals surface area contributed by atoms with Crippen molar-refractivity contribution < 1.29 is 9.47 Å². The summed E-state index contributed by atoms with van der Waals surface area (Å²) in [5.41, 5.74) is 2.15. The molecule has 1 N–H and O–H groups in total. The minimum atomic E-state index is 0.453.